The van der Waals surface area contributed by atoms with E-state index in [4.69, 9.17) is 11.6 Å². The Labute approximate surface area is 169 Å². The minimum atomic E-state index is -1.09. The van der Waals surface area contributed by atoms with Gasteiger partial charge in [-0.25, -0.2) is 13.5 Å². The van der Waals surface area contributed by atoms with Crippen LogP contribution in [0.5, 0.6) is 0 Å². The summed E-state index contributed by atoms with van der Waals surface area (Å²) in [5, 5.41) is 13.2. The molecule has 29 heavy (non-hydrogen) atoms. The Morgan fingerprint density at radius 2 is 1.72 bits per heavy atom. The van der Waals surface area contributed by atoms with Crippen molar-refractivity contribution < 1.29 is 18.4 Å². The van der Waals surface area contributed by atoms with Gasteiger partial charge < -0.3 is 10.6 Å². The lowest BCUT2D eigenvalue weighted by Crippen LogP contribution is -2.21. The Morgan fingerprint density at radius 1 is 1.03 bits per heavy atom. The molecule has 1 heterocycles. The molecule has 7 nitrogen and oxygen atoms in total. The van der Waals surface area contributed by atoms with Crippen molar-refractivity contribution in [2.45, 2.75) is 20.4 Å². The summed E-state index contributed by atoms with van der Waals surface area (Å²) in [4.78, 5) is 24.6. The number of carbonyl (C=O) groups excluding carboxylic acids is 2. The van der Waals surface area contributed by atoms with Gasteiger partial charge in [0, 0.05) is 22.5 Å². The third-order valence-electron chi connectivity index (χ3n) is 4.12. The minimum absolute atomic E-state index is 0.0408. The van der Waals surface area contributed by atoms with E-state index in [1.807, 2.05) is 6.92 Å². The van der Waals surface area contributed by atoms with Gasteiger partial charge >= 0.3 is 0 Å². The van der Waals surface area contributed by atoms with Gasteiger partial charge in [-0.15, -0.1) is 5.10 Å². The van der Waals surface area contributed by atoms with Crippen molar-refractivity contribution in [1.82, 2.24) is 15.0 Å². The van der Waals surface area contributed by atoms with Crippen molar-refractivity contribution in [2.24, 2.45) is 0 Å². The Hall–Kier alpha value is -3.33. The van der Waals surface area contributed by atoms with Crippen molar-refractivity contribution in [3.8, 4) is 0 Å². The molecule has 3 rings (SSSR count). The smallest absolute Gasteiger partial charge is 0.278 e. The van der Waals surface area contributed by atoms with E-state index in [1.165, 1.54) is 10.7 Å². The first-order chi connectivity index (χ1) is 13.7. The normalized spacial score (nSPS) is 10.7. The second-order valence-corrected chi connectivity index (χ2v) is 6.68. The Morgan fingerprint density at radius 3 is 2.41 bits per heavy atom. The molecule has 1 aromatic heterocycles. The first-order valence-corrected chi connectivity index (χ1v) is 8.85. The summed E-state index contributed by atoms with van der Waals surface area (Å²) in [6.45, 7) is 3.23. The number of hydrogen-bond acceptors (Lipinski definition) is 4. The minimum Gasteiger partial charge on any atom is -0.324 e. The van der Waals surface area contributed by atoms with E-state index >= 15 is 0 Å². The van der Waals surface area contributed by atoms with Crippen LogP contribution in [0.15, 0.2) is 36.4 Å². The van der Waals surface area contributed by atoms with Crippen molar-refractivity contribution in [3.63, 3.8) is 0 Å². The number of halogens is 3. The fourth-order valence-electron chi connectivity index (χ4n) is 2.49. The molecule has 150 valence electrons. The highest BCUT2D eigenvalue weighted by atomic mass is 35.5. The fourth-order valence-corrected chi connectivity index (χ4v) is 2.67. The van der Waals surface area contributed by atoms with Gasteiger partial charge in [0.1, 0.15) is 6.54 Å². The predicted molar refractivity (Wildman–Crippen MR) is 104 cm³/mol. The van der Waals surface area contributed by atoms with Crippen LogP contribution in [0, 0.1) is 25.5 Å². The van der Waals surface area contributed by atoms with Crippen molar-refractivity contribution in [3.05, 3.63) is 70.0 Å². The zero-order valence-electron chi connectivity index (χ0n) is 15.5. The number of rotatable bonds is 5. The molecule has 0 saturated carbocycles. The standard InChI is InChI=1S/C19H16ClF2N5O2/c1-10-3-4-12(7-14(10)20)23-17(28)9-27-11(2)18(25-26-27)19(29)24-13-5-6-15(21)16(22)8-13/h3-8H,9H2,1-2H3,(H,23,28)(H,24,29). The van der Waals surface area contributed by atoms with Crippen LogP contribution in [0.3, 0.4) is 0 Å². The molecule has 0 unspecified atom stereocenters. The van der Waals surface area contributed by atoms with Gasteiger partial charge in [0.15, 0.2) is 17.3 Å². The summed E-state index contributed by atoms with van der Waals surface area (Å²) in [5.41, 5.74) is 1.77. The molecule has 0 saturated heterocycles. The Bertz CT molecular complexity index is 1100. The van der Waals surface area contributed by atoms with Crippen LogP contribution in [0.4, 0.5) is 20.2 Å². The van der Waals surface area contributed by atoms with E-state index in [-0.39, 0.29) is 23.8 Å². The topological polar surface area (TPSA) is 88.9 Å². The molecule has 2 amide bonds. The second-order valence-electron chi connectivity index (χ2n) is 6.28. The molecule has 10 heteroatoms. The number of anilines is 2. The molecule has 3 aromatic rings. The number of hydrogen-bond donors (Lipinski definition) is 2. The third kappa shape index (κ3) is 4.75. The number of nitrogens with one attached hydrogen (secondary N) is 2. The molecule has 2 aromatic carbocycles. The van der Waals surface area contributed by atoms with E-state index in [1.54, 1.807) is 25.1 Å². The number of aryl methyl sites for hydroxylation is 1. The molecule has 2 N–H and O–H groups in total. The number of benzene rings is 2. The van der Waals surface area contributed by atoms with Crippen LogP contribution in [-0.4, -0.2) is 26.8 Å². The number of aromatic nitrogens is 3. The van der Waals surface area contributed by atoms with Gasteiger partial charge in [-0.2, -0.15) is 0 Å². The molecule has 0 fully saturated rings. The van der Waals surface area contributed by atoms with Crippen LogP contribution < -0.4 is 10.6 Å². The van der Waals surface area contributed by atoms with Gasteiger partial charge in [-0.1, -0.05) is 22.9 Å². The molecule has 0 atom stereocenters. The molecule has 0 spiro atoms. The lowest BCUT2D eigenvalue weighted by atomic mass is 10.2. The average Bonchev–Trinajstić information content (AvgIpc) is 3.02. The van der Waals surface area contributed by atoms with Crippen LogP contribution >= 0.6 is 11.6 Å². The third-order valence-corrected chi connectivity index (χ3v) is 4.53. The SMILES string of the molecule is Cc1ccc(NC(=O)Cn2nnc(C(=O)Nc3ccc(F)c(F)c3)c2C)cc1Cl. The summed E-state index contributed by atoms with van der Waals surface area (Å²) in [5.74, 6) is -3.15. The zero-order valence-corrected chi connectivity index (χ0v) is 16.2. The Kier molecular flexibility index (Phi) is 5.88. The number of amides is 2. The predicted octanol–water partition coefficient (Wildman–Crippen LogP) is 3.72. The zero-order chi connectivity index (χ0) is 21.1. The van der Waals surface area contributed by atoms with Crippen LogP contribution in [0.2, 0.25) is 5.02 Å². The van der Waals surface area contributed by atoms with Crippen molar-refractivity contribution in [1.29, 1.82) is 0 Å². The summed E-state index contributed by atoms with van der Waals surface area (Å²) in [6.07, 6.45) is 0. The maximum absolute atomic E-state index is 13.3. The molecule has 0 radical (unpaired) electrons. The van der Waals surface area contributed by atoms with Crippen molar-refractivity contribution >= 4 is 34.8 Å². The fraction of sp³-hybridized carbons (Fsp3) is 0.158. The van der Waals surface area contributed by atoms with Gasteiger partial charge in [0.25, 0.3) is 5.91 Å². The van der Waals surface area contributed by atoms with E-state index in [9.17, 15) is 18.4 Å². The number of carbonyl (C=O) groups is 2. The maximum Gasteiger partial charge on any atom is 0.278 e. The Balaban J connectivity index is 1.67. The molecule has 0 aliphatic rings. The first-order valence-electron chi connectivity index (χ1n) is 8.47. The molecule has 0 bridgehead atoms. The molecular formula is C19H16ClF2N5O2. The van der Waals surface area contributed by atoms with Crippen LogP contribution in [0.1, 0.15) is 21.7 Å². The summed E-state index contributed by atoms with van der Waals surface area (Å²) >= 11 is 6.04. The van der Waals surface area contributed by atoms with E-state index in [2.05, 4.69) is 20.9 Å². The second kappa shape index (κ2) is 8.36. The average molecular weight is 420 g/mol. The van der Waals surface area contributed by atoms with Crippen LogP contribution in [-0.2, 0) is 11.3 Å². The first kappa shape index (κ1) is 20.4. The van der Waals surface area contributed by atoms with E-state index in [0.29, 0.717) is 16.4 Å². The van der Waals surface area contributed by atoms with Gasteiger partial charge in [0.05, 0.1) is 5.69 Å². The van der Waals surface area contributed by atoms with Crippen LogP contribution in [0.25, 0.3) is 0 Å². The monoisotopic (exact) mass is 419 g/mol. The summed E-state index contributed by atoms with van der Waals surface area (Å²) in [6, 6.07) is 8.09. The molecular weight excluding hydrogens is 404 g/mol. The highest BCUT2D eigenvalue weighted by molar-refractivity contribution is 6.31. The van der Waals surface area contributed by atoms with Crippen molar-refractivity contribution in [2.75, 3.05) is 10.6 Å². The highest BCUT2D eigenvalue weighted by Gasteiger charge is 2.18. The van der Waals surface area contributed by atoms with E-state index < -0.39 is 17.5 Å². The largest absolute Gasteiger partial charge is 0.324 e. The van der Waals surface area contributed by atoms with Gasteiger partial charge in [0.2, 0.25) is 5.91 Å². The highest BCUT2D eigenvalue weighted by Crippen LogP contribution is 2.20. The summed E-state index contributed by atoms with van der Waals surface area (Å²) < 4.78 is 27.5. The summed E-state index contributed by atoms with van der Waals surface area (Å²) in [7, 11) is 0. The lowest BCUT2D eigenvalue weighted by Gasteiger charge is -2.08. The van der Waals surface area contributed by atoms with Gasteiger partial charge in [-0.05, 0) is 43.7 Å². The molecule has 0 aliphatic heterocycles. The lowest BCUT2D eigenvalue weighted by molar-refractivity contribution is -0.117. The maximum atomic E-state index is 13.3. The number of nitrogens with zero attached hydrogens (tertiary/aromatic N) is 3. The quantitative estimate of drug-likeness (QED) is 0.659. The van der Waals surface area contributed by atoms with E-state index in [0.717, 1.165) is 17.7 Å². The van der Waals surface area contributed by atoms with Gasteiger partial charge in [-0.3, -0.25) is 9.59 Å². The molecule has 0 aliphatic carbocycles.